The molecular weight excluding hydrogens is 470 g/mol. The van der Waals surface area contributed by atoms with Gasteiger partial charge in [-0.25, -0.2) is 13.2 Å². The Morgan fingerprint density at radius 1 is 1.09 bits per heavy atom. The van der Waals surface area contributed by atoms with E-state index in [9.17, 15) is 22.8 Å². The van der Waals surface area contributed by atoms with Crippen molar-refractivity contribution in [2.24, 2.45) is 0 Å². The van der Waals surface area contributed by atoms with Crippen molar-refractivity contribution in [1.82, 2.24) is 9.62 Å². The van der Waals surface area contributed by atoms with Crippen molar-refractivity contribution in [3.63, 3.8) is 0 Å². The molecule has 0 bridgehead atoms. The number of anilines is 1. The Kier molecular flexibility index (Phi) is 7.84. The number of alkyl carbamates (subject to hydrolysis) is 1. The SMILES string of the molecule is CCOC(=O)NC(=O)c1c(NC(=O)c2ccc(S(=O)(=O)N3CCOCC3)cc2)sc(C)c1C. The summed E-state index contributed by atoms with van der Waals surface area (Å²) in [6.45, 7) is 6.47. The summed E-state index contributed by atoms with van der Waals surface area (Å²) in [5.41, 5.74) is 1.02. The van der Waals surface area contributed by atoms with Crippen LogP contribution in [0.2, 0.25) is 0 Å². The lowest BCUT2D eigenvalue weighted by molar-refractivity contribution is 0.0730. The first-order valence-corrected chi connectivity index (χ1v) is 12.5. The minimum Gasteiger partial charge on any atom is -0.450 e. The highest BCUT2D eigenvalue weighted by molar-refractivity contribution is 7.89. The number of morpholine rings is 1. The van der Waals surface area contributed by atoms with Crippen molar-refractivity contribution in [3.05, 3.63) is 45.8 Å². The van der Waals surface area contributed by atoms with Crippen molar-refractivity contribution in [2.45, 2.75) is 25.7 Å². The maximum atomic E-state index is 12.8. The van der Waals surface area contributed by atoms with Gasteiger partial charge in [0, 0.05) is 23.5 Å². The van der Waals surface area contributed by atoms with Gasteiger partial charge in [-0.1, -0.05) is 0 Å². The molecule has 0 atom stereocenters. The number of hydrogen-bond acceptors (Lipinski definition) is 8. The number of rotatable bonds is 6. The molecular formula is C21H25N3O7S2. The normalized spacial score (nSPS) is 14.5. The highest BCUT2D eigenvalue weighted by atomic mass is 32.2. The Balaban J connectivity index is 1.77. The smallest absolute Gasteiger partial charge is 0.414 e. The highest BCUT2D eigenvalue weighted by Crippen LogP contribution is 2.33. The monoisotopic (exact) mass is 495 g/mol. The summed E-state index contributed by atoms with van der Waals surface area (Å²) in [6.07, 6.45) is -0.875. The fourth-order valence-electron chi connectivity index (χ4n) is 3.20. The molecule has 0 radical (unpaired) electrons. The van der Waals surface area contributed by atoms with Crippen LogP contribution in [0, 0.1) is 13.8 Å². The van der Waals surface area contributed by atoms with Gasteiger partial charge in [0.1, 0.15) is 5.00 Å². The maximum absolute atomic E-state index is 12.8. The summed E-state index contributed by atoms with van der Waals surface area (Å²) in [5, 5.41) is 5.10. The molecule has 2 aromatic rings. The van der Waals surface area contributed by atoms with Crippen LogP contribution in [-0.4, -0.2) is 63.5 Å². The Hall–Kier alpha value is -2.80. The van der Waals surface area contributed by atoms with Gasteiger partial charge in [-0.05, 0) is 50.6 Å². The van der Waals surface area contributed by atoms with Gasteiger partial charge in [0.05, 0.1) is 30.3 Å². The van der Waals surface area contributed by atoms with Crippen LogP contribution in [0.1, 0.15) is 38.1 Å². The van der Waals surface area contributed by atoms with Crippen LogP contribution >= 0.6 is 11.3 Å². The molecule has 0 unspecified atom stereocenters. The Bertz CT molecular complexity index is 1150. The Morgan fingerprint density at radius 3 is 2.33 bits per heavy atom. The summed E-state index contributed by atoms with van der Waals surface area (Å²) >= 11 is 1.20. The van der Waals surface area contributed by atoms with E-state index in [2.05, 4.69) is 10.6 Å². The molecule has 10 nitrogen and oxygen atoms in total. The second kappa shape index (κ2) is 10.4. The molecule has 1 aliphatic rings. The molecule has 1 fully saturated rings. The molecule has 1 saturated heterocycles. The number of ether oxygens (including phenoxy) is 2. The van der Waals surface area contributed by atoms with E-state index < -0.39 is 27.9 Å². The molecule has 1 aromatic heterocycles. The van der Waals surface area contributed by atoms with Crippen LogP contribution in [-0.2, 0) is 19.5 Å². The fraction of sp³-hybridized carbons (Fsp3) is 0.381. The van der Waals surface area contributed by atoms with E-state index in [1.807, 2.05) is 0 Å². The molecule has 12 heteroatoms. The minimum atomic E-state index is -3.67. The first-order valence-electron chi connectivity index (χ1n) is 10.2. The van der Waals surface area contributed by atoms with Crippen molar-refractivity contribution in [3.8, 4) is 0 Å². The van der Waals surface area contributed by atoms with Gasteiger partial charge < -0.3 is 14.8 Å². The number of hydrogen-bond donors (Lipinski definition) is 2. The van der Waals surface area contributed by atoms with Crippen LogP contribution in [0.25, 0.3) is 0 Å². The third kappa shape index (κ3) is 5.58. The van der Waals surface area contributed by atoms with Gasteiger partial charge in [-0.15, -0.1) is 11.3 Å². The molecule has 2 N–H and O–H groups in total. The van der Waals surface area contributed by atoms with E-state index in [1.165, 1.54) is 39.9 Å². The lowest BCUT2D eigenvalue weighted by Gasteiger charge is -2.26. The number of imide groups is 1. The van der Waals surface area contributed by atoms with Crippen LogP contribution < -0.4 is 10.6 Å². The zero-order valence-electron chi connectivity index (χ0n) is 18.5. The Morgan fingerprint density at radius 2 is 1.73 bits per heavy atom. The fourth-order valence-corrected chi connectivity index (χ4v) is 5.66. The molecule has 1 aliphatic heterocycles. The third-order valence-electron chi connectivity index (χ3n) is 5.05. The number of thiophene rings is 1. The van der Waals surface area contributed by atoms with Crippen molar-refractivity contribution in [2.75, 3.05) is 38.2 Å². The van der Waals surface area contributed by atoms with E-state index in [4.69, 9.17) is 9.47 Å². The van der Waals surface area contributed by atoms with E-state index in [-0.39, 0.29) is 40.7 Å². The molecule has 0 spiro atoms. The number of sulfonamides is 1. The van der Waals surface area contributed by atoms with E-state index >= 15 is 0 Å². The molecule has 33 heavy (non-hydrogen) atoms. The standard InChI is InChI=1S/C21H25N3O7S2/c1-4-31-21(27)23-19(26)17-13(2)14(3)32-20(17)22-18(25)15-5-7-16(8-6-15)33(28,29)24-9-11-30-12-10-24/h5-8H,4,9-12H2,1-3H3,(H,22,25)(H,23,26,27). The Labute approximate surface area is 195 Å². The summed E-state index contributed by atoms with van der Waals surface area (Å²) in [4.78, 5) is 37.9. The minimum absolute atomic E-state index is 0.0817. The van der Waals surface area contributed by atoms with Crippen LogP contribution in [0.5, 0.6) is 0 Å². The zero-order chi connectivity index (χ0) is 24.2. The molecule has 3 amide bonds. The van der Waals surface area contributed by atoms with Gasteiger partial charge in [0.25, 0.3) is 11.8 Å². The van der Waals surface area contributed by atoms with Crippen LogP contribution in [0.4, 0.5) is 9.80 Å². The lowest BCUT2D eigenvalue weighted by atomic mass is 10.1. The number of nitrogens with zero attached hydrogens (tertiary/aromatic N) is 1. The number of carbonyl (C=O) groups is 3. The number of amides is 3. The maximum Gasteiger partial charge on any atom is 0.414 e. The lowest BCUT2D eigenvalue weighted by Crippen LogP contribution is -2.40. The van der Waals surface area contributed by atoms with Gasteiger partial charge in [0.2, 0.25) is 10.0 Å². The highest BCUT2D eigenvalue weighted by Gasteiger charge is 2.27. The number of aryl methyl sites for hydroxylation is 1. The van der Waals surface area contributed by atoms with Gasteiger partial charge in [-0.3, -0.25) is 14.9 Å². The first kappa shape index (κ1) is 24.8. The quantitative estimate of drug-likeness (QED) is 0.629. The van der Waals surface area contributed by atoms with Crippen LogP contribution in [0.3, 0.4) is 0 Å². The molecule has 0 saturated carbocycles. The van der Waals surface area contributed by atoms with Crippen molar-refractivity contribution in [1.29, 1.82) is 0 Å². The first-order chi connectivity index (χ1) is 15.6. The largest absolute Gasteiger partial charge is 0.450 e. The second-order valence-corrected chi connectivity index (χ2v) is 10.3. The topological polar surface area (TPSA) is 131 Å². The molecule has 3 rings (SSSR count). The number of carbonyl (C=O) groups excluding carboxylic acids is 3. The summed E-state index contributed by atoms with van der Waals surface area (Å²) in [5.74, 6) is -1.20. The second-order valence-electron chi connectivity index (χ2n) is 7.16. The third-order valence-corrected chi connectivity index (χ3v) is 8.09. The van der Waals surface area contributed by atoms with Crippen molar-refractivity contribution >= 4 is 44.3 Å². The predicted molar refractivity (Wildman–Crippen MR) is 122 cm³/mol. The summed E-state index contributed by atoms with van der Waals surface area (Å²) < 4.78 is 36.8. The van der Waals surface area contributed by atoms with E-state index in [1.54, 1.807) is 20.8 Å². The summed E-state index contributed by atoms with van der Waals surface area (Å²) in [7, 11) is -3.67. The molecule has 178 valence electrons. The average Bonchev–Trinajstić information content (AvgIpc) is 3.07. The number of nitrogens with one attached hydrogen (secondary N) is 2. The van der Waals surface area contributed by atoms with Gasteiger partial charge in [0.15, 0.2) is 0 Å². The van der Waals surface area contributed by atoms with E-state index in [0.29, 0.717) is 18.8 Å². The number of benzene rings is 1. The predicted octanol–water partition coefficient (Wildman–Crippen LogP) is 2.52. The molecule has 2 heterocycles. The molecule has 0 aliphatic carbocycles. The van der Waals surface area contributed by atoms with Crippen molar-refractivity contribution < 1.29 is 32.3 Å². The molecule has 1 aromatic carbocycles. The summed E-state index contributed by atoms with van der Waals surface area (Å²) in [6, 6.07) is 5.57. The zero-order valence-corrected chi connectivity index (χ0v) is 20.1. The van der Waals surface area contributed by atoms with Gasteiger partial charge in [-0.2, -0.15) is 4.31 Å². The van der Waals surface area contributed by atoms with Gasteiger partial charge >= 0.3 is 6.09 Å². The van der Waals surface area contributed by atoms with E-state index in [0.717, 1.165) is 4.88 Å². The average molecular weight is 496 g/mol. The van der Waals surface area contributed by atoms with Crippen LogP contribution in [0.15, 0.2) is 29.2 Å².